The Balaban J connectivity index is 1.60. The summed E-state index contributed by atoms with van der Waals surface area (Å²) in [5.41, 5.74) is 2.17. The fraction of sp³-hybridized carbons (Fsp3) is 0.579. The average Bonchev–Trinajstić information content (AvgIpc) is 2.92. The van der Waals surface area contributed by atoms with Gasteiger partial charge in [0, 0.05) is 38.0 Å². The Bertz CT molecular complexity index is 685. The number of nitrogens with one attached hydrogen (secondary N) is 1. The van der Waals surface area contributed by atoms with Crippen LogP contribution in [0.25, 0.3) is 0 Å². The number of likely N-dealkylation sites (tertiary alicyclic amines) is 1. The maximum absolute atomic E-state index is 12.1. The van der Waals surface area contributed by atoms with Crippen LogP contribution in [0.1, 0.15) is 55.1 Å². The van der Waals surface area contributed by atoms with E-state index in [4.69, 9.17) is 9.47 Å². The van der Waals surface area contributed by atoms with Crippen molar-refractivity contribution in [1.29, 1.82) is 0 Å². The minimum atomic E-state index is -0.480. The molecule has 136 valence electrons. The lowest BCUT2D eigenvalue weighted by Crippen LogP contribution is -2.44. The minimum Gasteiger partial charge on any atom is -0.490 e. The Morgan fingerprint density at radius 3 is 2.56 bits per heavy atom. The number of nitrogens with zero attached hydrogens (tertiary/aromatic N) is 1. The summed E-state index contributed by atoms with van der Waals surface area (Å²) in [7, 11) is 0. The zero-order chi connectivity index (χ0) is 18.2. The molecule has 25 heavy (non-hydrogen) atoms. The summed E-state index contributed by atoms with van der Waals surface area (Å²) in [6.07, 6.45) is 1.28. The van der Waals surface area contributed by atoms with E-state index in [0.29, 0.717) is 19.6 Å². The van der Waals surface area contributed by atoms with E-state index in [-0.39, 0.29) is 18.1 Å². The van der Waals surface area contributed by atoms with E-state index >= 15 is 0 Å². The molecule has 0 bridgehead atoms. The predicted octanol–water partition coefficient (Wildman–Crippen LogP) is 3.02. The third kappa shape index (κ3) is 3.89. The van der Waals surface area contributed by atoms with Gasteiger partial charge in [-0.25, -0.2) is 4.79 Å². The number of hydrogen-bond acceptors (Lipinski definition) is 4. The lowest BCUT2D eigenvalue weighted by molar-refractivity contribution is 0.0126. The fourth-order valence-electron chi connectivity index (χ4n) is 3.27. The first-order valence-corrected chi connectivity index (χ1v) is 8.80. The SMILES string of the molecule is Cc1ccc(OC2CCN(C(=O)OC(C)(C)C)CC2)c2c1C(=O)NC2. The maximum Gasteiger partial charge on any atom is 0.410 e. The molecule has 1 fully saturated rings. The highest BCUT2D eigenvalue weighted by molar-refractivity contribution is 6.00. The van der Waals surface area contributed by atoms with Crippen molar-refractivity contribution in [3.63, 3.8) is 0 Å². The van der Waals surface area contributed by atoms with Crippen LogP contribution in [0.4, 0.5) is 4.79 Å². The molecule has 2 heterocycles. The van der Waals surface area contributed by atoms with Crippen LogP contribution in [0.15, 0.2) is 12.1 Å². The predicted molar refractivity (Wildman–Crippen MR) is 93.8 cm³/mol. The molecule has 6 nitrogen and oxygen atoms in total. The second kappa shape index (κ2) is 6.58. The average molecular weight is 346 g/mol. The number of piperidine rings is 1. The van der Waals surface area contributed by atoms with Crippen LogP contribution >= 0.6 is 0 Å². The van der Waals surface area contributed by atoms with E-state index in [1.165, 1.54) is 0 Å². The topological polar surface area (TPSA) is 67.9 Å². The van der Waals surface area contributed by atoms with E-state index in [1.807, 2.05) is 39.8 Å². The molecule has 2 aliphatic rings. The van der Waals surface area contributed by atoms with E-state index < -0.39 is 5.60 Å². The van der Waals surface area contributed by atoms with E-state index in [0.717, 1.165) is 35.3 Å². The molecule has 1 aromatic carbocycles. The van der Waals surface area contributed by atoms with Crippen molar-refractivity contribution in [3.05, 3.63) is 28.8 Å². The number of aryl methyl sites for hydroxylation is 1. The number of benzene rings is 1. The molecule has 0 spiro atoms. The van der Waals surface area contributed by atoms with Gasteiger partial charge in [-0.3, -0.25) is 4.79 Å². The zero-order valence-electron chi connectivity index (χ0n) is 15.3. The van der Waals surface area contributed by atoms with Crippen LogP contribution in [-0.4, -0.2) is 41.7 Å². The summed E-state index contributed by atoms with van der Waals surface area (Å²) in [5, 5.41) is 2.86. The molecule has 0 radical (unpaired) electrons. The molecule has 6 heteroatoms. The van der Waals surface area contributed by atoms with Gasteiger partial charge in [0.25, 0.3) is 5.91 Å². The van der Waals surface area contributed by atoms with Gasteiger partial charge in [0.05, 0.1) is 5.56 Å². The number of amides is 2. The largest absolute Gasteiger partial charge is 0.490 e. The highest BCUT2D eigenvalue weighted by Crippen LogP contribution is 2.31. The molecular formula is C19H26N2O4. The van der Waals surface area contributed by atoms with Crippen molar-refractivity contribution in [1.82, 2.24) is 10.2 Å². The summed E-state index contributed by atoms with van der Waals surface area (Å²) in [6.45, 7) is 9.29. The van der Waals surface area contributed by atoms with Crippen molar-refractivity contribution in [2.45, 2.75) is 58.8 Å². The third-order valence-corrected chi connectivity index (χ3v) is 4.52. The molecule has 1 aromatic rings. The Hall–Kier alpha value is -2.24. The van der Waals surface area contributed by atoms with Gasteiger partial charge < -0.3 is 19.7 Å². The van der Waals surface area contributed by atoms with E-state index in [2.05, 4.69) is 5.32 Å². The molecule has 0 saturated carbocycles. The van der Waals surface area contributed by atoms with Crippen molar-refractivity contribution in [2.24, 2.45) is 0 Å². The number of hydrogen-bond donors (Lipinski definition) is 1. The van der Waals surface area contributed by atoms with E-state index in [9.17, 15) is 9.59 Å². The Morgan fingerprint density at radius 2 is 1.92 bits per heavy atom. The van der Waals surface area contributed by atoms with Gasteiger partial charge in [-0.2, -0.15) is 0 Å². The van der Waals surface area contributed by atoms with Gasteiger partial charge in [0.15, 0.2) is 0 Å². The number of carbonyl (C=O) groups is 2. The number of ether oxygens (including phenoxy) is 2. The normalized spacial score (nSPS) is 17.9. The van der Waals surface area contributed by atoms with Gasteiger partial charge >= 0.3 is 6.09 Å². The summed E-state index contributed by atoms with van der Waals surface area (Å²) in [6, 6.07) is 3.86. The molecular weight excluding hydrogens is 320 g/mol. The quantitative estimate of drug-likeness (QED) is 0.894. The smallest absolute Gasteiger partial charge is 0.410 e. The highest BCUT2D eigenvalue weighted by atomic mass is 16.6. The molecule has 3 rings (SSSR count). The van der Waals surface area contributed by atoms with Gasteiger partial charge in [0.2, 0.25) is 0 Å². The van der Waals surface area contributed by atoms with Crippen molar-refractivity contribution in [2.75, 3.05) is 13.1 Å². The van der Waals surface area contributed by atoms with Crippen LogP contribution in [-0.2, 0) is 11.3 Å². The molecule has 0 atom stereocenters. The van der Waals surface area contributed by atoms with Crippen molar-refractivity contribution >= 4 is 12.0 Å². The lowest BCUT2D eigenvalue weighted by Gasteiger charge is -2.33. The van der Waals surface area contributed by atoms with Crippen molar-refractivity contribution in [3.8, 4) is 5.75 Å². The third-order valence-electron chi connectivity index (χ3n) is 4.52. The van der Waals surface area contributed by atoms with Crippen LogP contribution in [0.2, 0.25) is 0 Å². The second-order valence-corrected chi connectivity index (χ2v) is 7.70. The molecule has 2 aliphatic heterocycles. The van der Waals surface area contributed by atoms with Gasteiger partial charge in [-0.05, 0) is 39.3 Å². The van der Waals surface area contributed by atoms with Gasteiger partial charge in [0.1, 0.15) is 17.5 Å². The highest BCUT2D eigenvalue weighted by Gasteiger charge is 2.30. The Morgan fingerprint density at radius 1 is 1.24 bits per heavy atom. The zero-order valence-corrected chi connectivity index (χ0v) is 15.3. The first-order valence-electron chi connectivity index (χ1n) is 8.80. The summed E-state index contributed by atoms with van der Waals surface area (Å²) < 4.78 is 11.6. The van der Waals surface area contributed by atoms with Crippen LogP contribution in [0, 0.1) is 6.92 Å². The fourth-order valence-corrected chi connectivity index (χ4v) is 3.27. The van der Waals surface area contributed by atoms with Crippen LogP contribution in [0.3, 0.4) is 0 Å². The number of rotatable bonds is 2. The number of fused-ring (bicyclic) bond motifs is 1. The Kier molecular flexibility index (Phi) is 4.62. The van der Waals surface area contributed by atoms with Crippen LogP contribution < -0.4 is 10.1 Å². The molecule has 0 aromatic heterocycles. The summed E-state index contributed by atoms with van der Waals surface area (Å²) in [5.74, 6) is 0.743. The van der Waals surface area contributed by atoms with Crippen LogP contribution in [0.5, 0.6) is 5.75 Å². The minimum absolute atomic E-state index is 0.0299. The summed E-state index contributed by atoms with van der Waals surface area (Å²) >= 11 is 0. The monoisotopic (exact) mass is 346 g/mol. The second-order valence-electron chi connectivity index (χ2n) is 7.70. The molecule has 0 unspecified atom stereocenters. The number of carbonyl (C=O) groups excluding carboxylic acids is 2. The molecule has 1 N–H and O–H groups in total. The maximum atomic E-state index is 12.1. The Labute approximate surface area is 148 Å². The first-order chi connectivity index (χ1) is 11.7. The van der Waals surface area contributed by atoms with Gasteiger partial charge in [-0.15, -0.1) is 0 Å². The van der Waals surface area contributed by atoms with Crippen molar-refractivity contribution < 1.29 is 19.1 Å². The molecule has 0 aliphatic carbocycles. The molecule has 2 amide bonds. The lowest BCUT2D eigenvalue weighted by atomic mass is 10.0. The first kappa shape index (κ1) is 17.6. The van der Waals surface area contributed by atoms with Gasteiger partial charge in [-0.1, -0.05) is 6.07 Å². The van der Waals surface area contributed by atoms with E-state index in [1.54, 1.807) is 4.90 Å². The molecule has 1 saturated heterocycles. The summed E-state index contributed by atoms with van der Waals surface area (Å²) in [4.78, 5) is 25.8. The standard InChI is InChI=1S/C19H26N2O4/c1-12-5-6-15(14-11-20-17(22)16(12)14)24-13-7-9-21(10-8-13)18(23)25-19(2,3)4/h5-6,13H,7-11H2,1-4H3,(H,20,22).